The number of nitriles is 1. The third kappa shape index (κ3) is 3.12. The van der Waals surface area contributed by atoms with Crippen LogP contribution in [0.15, 0.2) is 36.4 Å². The normalized spacial score (nSPS) is 10.1. The highest BCUT2D eigenvalue weighted by molar-refractivity contribution is 5.50. The van der Waals surface area contributed by atoms with Crippen molar-refractivity contribution in [3.8, 4) is 6.07 Å². The third-order valence-electron chi connectivity index (χ3n) is 3.12. The molecule has 0 aliphatic carbocycles. The highest BCUT2D eigenvalue weighted by atomic mass is 19.1. The van der Waals surface area contributed by atoms with Gasteiger partial charge < -0.3 is 4.90 Å². The number of rotatable bonds is 4. The Labute approximate surface area is 118 Å². The lowest BCUT2D eigenvalue weighted by molar-refractivity contribution is 0.622. The van der Waals surface area contributed by atoms with Crippen LogP contribution in [0.1, 0.15) is 23.9 Å². The fourth-order valence-corrected chi connectivity index (χ4v) is 2.06. The van der Waals surface area contributed by atoms with Gasteiger partial charge in [-0.1, -0.05) is 6.07 Å². The maximum atomic E-state index is 13.7. The molecular weight excluding hydrogens is 253 g/mol. The quantitative estimate of drug-likeness (QED) is 0.853. The van der Waals surface area contributed by atoms with E-state index in [1.807, 2.05) is 43.0 Å². The summed E-state index contributed by atoms with van der Waals surface area (Å²) in [5, 5.41) is 8.76. The fraction of sp³-hybridized carbons (Fsp3) is 0.250. The predicted molar refractivity (Wildman–Crippen MR) is 76.8 cm³/mol. The van der Waals surface area contributed by atoms with E-state index < -0.39 is 5.82 Å². The number of pyridine rings is 1. The molecule has 0 unspecified atom stereocenters. The molecule has 102 valence electrons. The van der Waals surface area contributed by atoms with E-state index in [0.29, 0.717) is 6.54 Å². The first-order valence-electron chi connectivity index (χ1n) is 6.51. The molecule has 0 bridgehead atoms. The molecule has 0 amide bonds. The molecule has 2 aromatic rings. The van der Waals surface area contributed by atoms with Gasteiger partial charge in [0.1, 0.15) is 11.9 Å². The highest BCUT2D eigenvalue weighted by Gasteiger charge is 2.09. The van der Waals surface area contributed by atoms with Gasteiger partial charge >= 0.3 is 0 Å². The van der Waals surface area contributed by atoms with Gasteiger partial charge in [0.05, 0.1) is 17.8 Å². The second-order valence-corrected chi connectivity index (χ2v) is 4.56. The molecule has 20 heavy (non-hydrogen) atoms. The monoisotopic (exact) mass is 269 g/mol. The third-order valence-corrected chi connectivity index (χ3v) is 3.12. The molecule has 0 radical (unpaired) electrons. The van der Waals surface area contributed by atoms with E-state index in [1.54, 1.807) is 6.07 Å². The SMILES string of the molecule is CCN(Cc1cccc(C)n1)c1ccc(C#N)c(F)c1. The Hall–Kier alpha value is -2.41. The van der Waals surface area contributed by atoms with Crippen molar-refractivity contribution in [2.45, 2.75) is 20.4 Å². The molecule has 0 saturated carbocycles. The molecule has 0 saturated heterocycles. The first-order valence-corrected chi connectivity index (χ1v) is 6.51. The topological polar surface area (TPSA) is 39.9 Å². The van der Waals surface area contributed by atoms with E-state index in [2.05, 4.69) is 4.98 Å². The van der Waals surface area contributed by atoms with Crippen LogP contribution in [0.3, 0.4) is 0 Å². The van der Waals surface area contributed by atoms with Crippen molar-refractivity contribution >= 4 is 5.69 Å². The number of hydrogen-bond donors (Lipinski definition) is 0. The number of anilines is 1. The molecule has 1 aromatic heterocycles. The van der Waals surface area contributed by atoms with Crippen LogP contribution in [0.2, 0.25) is 0 Å². The average molecular weight is 269 g/mol. The summed E-state index contributed by atoms with van der Waals surface area (Å²) < 4.78 is 13.7. The van der Waals surface area contributed by atoms with Gasteiger partial charge in [-0.15, -0.1) is 0 Å². The Kier molecular flexibility index (Phi) is 4.31. The van der Waals surface area contributed by atoms with Gasteiger partial charge in [0.2, 0.25) is 0 Å². The molecule has 0 atom stereocenters. The van der Waals surface area contributed by atoms with Gasteiger partial charge in [-0.2, -0.15) is 5.26 Å². The van der Waals surface area contributed by atoms with Crippen molar-refractivity contribution < 1.29 is 4.39 Å². The number of aromatic nitrogens is 1. The Bertz CT molecular complexity index is 646. The molecule has 0 fully saturated rings. The fourth-order valence-electron chi connectivity index (χ4n) is 2.06. The smallest absolute Gasteiger partial charge is 0.143 e. The van der Waals surface area contributed by atoms with Crippen LogP contribution in [-0.4, -0.2) is 11.5 Å². The van der Waals surface area contributed by atoms with Crippen molar-refractivity contribution in [2.75, 3.05) is 11.4 Å². The molecule has 0 spiro atoms. The van der Waals surface area contributed by atoms with Gasteiger partial charge in [0.15, 0.2) is 0 Å². The lowest BCUT2D eigenvalue weighted by Gasteiger charge is -2.23. The predicted octanol–water partition coefficient (Wildman–Crippen LogP) is 3.43. The molecular formula is C16H16FN3. The molecule has 1 aromatic carbocycles. The molecule has 4 heteroatoms. The van der Waals surface area contributed by atoms with Gasteiger partial charge in [0, 0.05) is 17.9 Å². The second-order valence-electron chi connectivity index (χ2n) is 4.56. The van der Waals surface area contributed by atoms with Crippen LogP contribution in [0, 0.1) is 24.1 Å². The van der Waals surface area contributed by atoms with Gasteiger partial charge in [-0.05, 0) is 44.2 Å². The van der Waals surface area contributed by atoms with Crippen molar-refractivity contribution in [3.63, 3.8) is 0 Å². The Morgan fingerprint density at radius 3 is 2.70 bits per heavy atom. The zero-order chi connectivity index (χ0) is 14.5. The number of halogens is 1. The summed E-state index contributed by atoms with van der Waals surface area (Å²) in [6.45, 7) is 5.30. The van der Waals surface area contributed by atoms with Crippen LogP contribution >= 0.6 is 0 Å². The first kappa shape index (κ1) is 14.0. The van der Waals surface area contributed by atoms with Crippen molar-refractivity contribution in [1.29, 1.82) is 5.26 Å². The Balaban J connectivity index is 2.24. The molecule has 0 aliphatic rings. The van der Waals surface area contributed by atoms with Crippen LogP contribution < -0.4 is 4.90 Å². The molecule has 0 N–H and O–H groups in total. The number of hydrogen-bond acceptors (Lipinski definition) is 3. The van der Waals surface area contributed by atoms with Crippen LogP contribution in [-0.2, 0) is 6.54 Å². The summed E-state index contributed by atoms with van der Waals surface area (Å²) in [7, 11) is 0. The largest absolute Gasteiger partial charge is 0.366 e. The zero-order valence-electron chi connectivity index (χ0n) is 11.6. The number of aryl methyl sites for hydroxylation is 1. The van der Waals surface area contributed by atoms with Crippen molar-refractivity contribution in [1.82, 2.24) is 4.98 Å². The lowest BCUT2D eigenvalue weighted by Crippen LogP contribution is -2.22. The highest BCUT2D eigenvalue weighted by Crippen LogP contribution is 2.20. The van der Waals surface area contributed by atoms with E-state index in [-0.39, 0.29) is 5.56 Å². The van der Waals surface area contributed by atoms with Crippen LogP contribution in [0.25, 0.3) is 0 Å². The molecule has 1 heterocycles. The summed E-state index contributed by atoms with van der Waals surface area (Å²) in [5.74, 6) is -0.486. The average Bonchev–Trinajstić information content (AvgIpc) is 2.44. The first-order chi connectivity index (χ1) is 9.63. The van der Waals surface area contributed by atoms with E-state index in [4.69, 9.17) is 5.26 Å². The summed E-state index contributed by atoms with van der Waals surface area (Å²) >= 11 is 0. The number of benzene rings is 1. The van der Waals surface area contributed by atoms with Gasteiger partial charge in [0.25, 0.3) is 0 Å². The standard InChI is InChI=1S/C16H16FN3/c1-3-20(11-14-6-4-5-12(2)19-14)15-8-7-13(10-18)16(17)9-15/h4-9H,3,11H2,1-2H3. The zero-order valence-corrected chi connectivity index (χ0v) is 11.6. The summed E-state index contributed by atoms with van der Waals surface area (Å²) in [6, 6.07) is 12.4. The summed E-state index contributed by atoms with van der Waals surface area (Å²) in [6.07, 6.45) is 0. The maximum absolute atomic E-state index is 13.7. The van der Waals surface area contributed by atoms with Crippen LogP contribution in [0.5, 0.6) is 0 Å². The number of nitrogens with zero attached hydrogens (tertiary/aromatic N) is 3. The van der Waals surface area contributed by atoms with Gasteiger partial charge in [-0.25, -0.2) is 4.39 Å². The minimum absolute atomic E-state index is 0.0680. The summed E-state index contributed by atoms with van der Waals surface area (Å²) in [4.78, 5) is 6.47. The van der Waals surface area contributed by atoms with E-state index >= 15 is 0 Å². The maximum Gasteiger partial charge on any atom is 0.143 e. The van der Waals surface area contributed by atoms with E-state index in [0.717, 1.165) is 23.6 Å². The van der Waals surface area contributed by atoms with Crippen molar-refractivity contribution in [2.24, 2.45) is 0 Å². The molecule has 3 nitrogen and oxygen atoms in total. The molecule has 0 aliphatic heterocycles. The van der Waals surface area contributed by atoms with Crippen LogP contribution in [0.4, 0.5) is 10.1 Å². The lowest BCUT2D eigenvalue weighted by atomic mass is 10.2. The Morgan fingerprint density at radius 1 is 1.30 bits per heavy atom. The Morgan fingerprint density at radius 2 is 2.10 bits per heavy atom. The van der Waals surface area contributed by atoms with Gasteiger partial charge in [-0.3, -0.25) is 4.98 Å². The molecule has 2 rings (SSSR count). The van der Waals surface area contributed by atoms with E-state index in [1.165, 1.54) is 12.1 Å². The summed E-state index contributed by atoms with van der Waals surface area (Å²) in [5.41, 5.74) is 2.73. The second kappa shape index (κ2) is 6.16. The van der Waals surface area contributed by atoms with E-state index in [9.17, 15) is 4.39 Å². The minimum Gasteiger partial charge on any atom is -0.366 e. The minimum atomic E-state index is -0.486. The van der Waals surface area contributed by atoms with Crippen molar-refractivity contribution in [3.05, 3.63) is 59.2 Å².